The van der Waals surface area contributed by atoms with E-state index in [4.69, 9.17) is 0 Å². The van der Waals surface area contributed by atoms with Crippen LogP contribution in [0.4, 0.5) is 9.18 Å². The fourth-order valence-corrected chi connectivity index (χ4v) is 3.68. The van der Waals surface area contributed by atoms with E-state index in [9.17, 15) is 18.8 Å². The molecular weight excluding hydrogens is 397 g/mol. The molecule has 6 nitrogen and oxygen atoms in total. The summed E-state index contributed by atoms with van der Waals surface area (Å²) in [4.78, 5) is 38.7. The van der Waals surface area contributed by atoms with Gasteiger partial charge in [0.25, 0.3) is 11.8 Å². The van der Waals surface area contributed by atoms with Crippen molar-refractivity contribution in [3.63, 3.8) is 0 Å². The number of benzene rings is 2. The second-order valence-electron chi connectivity index (χ2n) is 7.33. The summed E-state index contributed by atoms with van der Waals surface area (Å²) in [6, 6.07) is 16.2. The predicted molar refractivity (Wildman–Crippen MR) is 114 cm³/mol. The molecule has 4 rings (SSSR count). The van der Waals surface area contributed by atoms with Gasteiger partial charge in [-0.15, -0.1) is 0 Å². The molecule has 3 aromatic rings. The molecule has 1 aromatic heterocycles. The normalized spacial score (nSPS) is 15.5. The zero-order valence-corrected chi connectivity index (χ0v) is 17.1. The van der Waals surface area contributed by atoms with Gasteiger partial charge in [-0.3, -0.25) is 19.8 Å². The lowest BCUT2D eigenvalue weighted by Crippen LogP contribution is -2.53. The Morgan fingerprint density at radius 2 is 1.65 bits per heavy atom. The van der Waals surface area contributed by atoms with Crippen LogP contribution in [0.1, 0.15) is 22.5 Å². The maximum Gasteiger partial charge on any atom is 0.331 e. The van der Waals surface area contributed by atoms with Crippen molar-refractivity contribution in [3.05, 3.63) is 94.6 Å². The quantitative estimate of drug-likeness (QED) is 0.517. The second kappa shape index (κ2) is 8.02. The van der Waals surface area contributed by atoms with Crippen molar-refractivity contribution in [3.8, 4) is 5.69 Å². The molecule has 4 amide bonds. The van der Waals surface area contributed by atoms with Crippen molar-refractivity contribution in [1.82, 2.24) is 14.8 Å². The van der Waals surface area contributed by atoms with E-state index in [-0.39, 0.29) is 17.9 Å². The summed E-state index contributed by atoms with van der Waals surface area (Å²) in [5.74, 6) is -1.71. The van der Waals surface area contributed by atoms with Gasteiger partial charge in [0.05, 0.1) is 6.54 Å². The zero-order chi connectivity index (χ0) is 22.1. The summed E-state index contributed by atoms with van der Waals surface area (Å²) in [5, 5.41) is 2.24. The molecule has 0 spiro atoms. The first-order valence-electron chi connectivity index (χ1n) is 9.73. The maximum atomic E-state index is 13.3. The summed E-state index contributed by atoms with van der Waals surface area (Å²) in [6.07, 6.45) is 1.49. The van der Waals surface area contributed by atoms with Gasteiger partial charge in [0, 0.05) is 17.1 Å². The Hall–Kier alpha value is -4.00. The third kappa shape index (κ3) is 3.90. The number of aryl methyl sites for hydroxylation is 1. The number of hydrogen-bond acceptors (Lipinski definition) is 3. The van der Waals surface area contributed by atoms with Crippen LogP contribution in [-0.2, 0) is 16.1 Å². The summed E-state index contributed by atoms with van der Waals surface area (Å²) in [7, 11) is 0. The van der Waals surface area contributed by atoms with E-state index in [0.717, 1.165) is 27.5 Å². The van der Waals surface area contributed by atoms with Crippen molar-refractivity contribution in [2.75, 3.05) is 0 Å². The highest BCUT2D eigenvalue weighted by Gasteiger charge is 2.35. The summed E-state index contributed by atoms with van der Waals surface area (Å²) < 4.78 is 15.2. The molecule has 0 aliphatic carbocycles. The van der Waals surface area contributed by atoms with Crippen molar-refractivity contribution in [2.24, 2.45) is 0 Å². The maximum absolute atomic E-state index is 13.3. The average Bonchev–Trinajstić information content (AvgIpc) is 3.03. The number of carbonyl (C=O) groups excluding carboxylic acids is 3. The smallest absolute Gasteiger partial charge is 0.318 e. The van der Waals surface area contributed by atoms with Crippen LogP contribution in [0.15, 0.2) is 66.2 Å². The fourth-order valence-electron chi connectivity index (χ4n) is 3.68. The third-order valence-electron chi connectivity index (χ3n) is 5.22. The first kappa shape index (κ1) is 20.3. The molecule has 1 N–H and O–H groups in total. The first-order chi connectivity index (χ1) is 14.8. The van der Waals surface area contributed by atoms with Gasteiger partial charge in [0.2, 0.25) is 0 Å². The van der Waals surface area contributed by atoms with Gasteiger partial charge in [-0.05, 0) is 61.4 Å². The van der Waals surface area contributed by atoms with Crippen LogP contribution in [0, 0.1) is 19.7 Å². The molecule has 7 heteroatoms. The number of hydrogen-bond donors (Lipinski definition) is 1. The van der Waals surface area contributed by atoms with Crippen LogP contribution in [0.2, 0.25) is 0 Å². The molecule has 2 heterocycles. The number of nitrogens with one attached hydrogen (secondary N) is 1. The lowest BCUT2D eigenvalue weighted by molar-refractivity contribution is -0.130. The number of nitrogens with zero attached hydrogens (tertiary/aromatic N) is 2. The van der Waals surface area contributed by atoms with Crippen LogP contribution in [0.3, 0.4) is 0 Å². The Bertz CT molecular complexity index is 1210. The van der Waals surface area contributed by atoms with Gasteiger partial charge in [0.1, 0.15) is 11.4 Å². The SMILES string of the molecule is Cc1cc(/C=C2\C(=O)NC(=O)N(Cc3ccccc3)C2=O)c(C)n1-c1ccc(F)cc1. The second-order valence-corrected chi connectivity index (χ2v) is 7.33. The Labute approximate surface area is 178 Å². The fraction of sp³-hybridized carbons (Fsp3) is 0.125. The Balaban J connectivity index is 1.69. The van der Waals surface area contributed by atoms with Crippen LogP contribution in [0.5, 0.6) is 0 Å². The molecule has 1 saturated heterocycles. The summed E-state index contributed by atoms with van der Waals surface area (Å²) in [6.45, 7) is 3.79. The molecular formula is C24H20FN3O3. The van der Waals surface area contributed by atoms with Gasteiger partial charge in [-0.2, -0.15) is 0 Å². The number of rotatable bonds is 4. The highest BCUT2D eigenvalue weighted by atomic mass is 19.1. The molecule has 156 valence electrons. The Morgan fingerprint density at radius 1 is 0.968 bits per heavy atom. The highest BCUT2D eigenvalue weighted by molar-refractivity contribution is 6.31. The molecule has 0 unspecified atom stereocenters. The van der Waals surface area contributed by atoms with Crippen LogP contribution in [-0.4, -0.2) is 27.3 Å². The standard InChI is InChI=1S/C24H20FN3O3/c1-15-12-18(16(2)28(15)20-10-8-19(25)9-11-20)13-21-22(29)26-24(31)27(23(21)30)14-17-6-4-3-5-7-17/h3-13H,14H2,1-2H3,(H,26,29,31)/b21-13+. The number of imide groups is 2. The Kier molecular flexibility index (Phi) is 5.25. The number of barbiturate groups is 1. The molecule has 2 aromatic carbocycles. The minimum Gasteiger partial charge on any atom is -0.318 e. The van der Waals surface area contributed by atoms with Crippen molar-refractivity contribution in [1.29, 1.82) is 0 Å². The van der Waals surface area contributed by atoms with E-state index < -0.39 is 17.8 Å². The molecule has 1 fully saturated rings. The van der Waals surface area contributed by atoms with Crippen LogP contribution < -0.4 is 5.32 Å². The molecule has 0 radical (unpaired) electrons. The van der Waals surface area contributed by atoms with Gasteiger partial charge in [-0.1, -0.05) is 30.3 Å². The van der Waals surface area contributed by atoms with Crippen LogP contribution >= 0.6 is 0 Å². The number of aromatic nitrogens is 1. The molecule has 0 saturated carbocycles. The molecule has 0 bridgehead atoms. The van der Waals surface area contributed by atoms with Crippen molar-refractivity contribution in [2.45, 2.75) is 20.4 Å². The number of amides is 4. The third-order valence-corrected chi connectivity index (χ3v) is 5.22. The number of halogens is 1. The topological polar surface area (TPSA) is 71.4 Å². The number of urea groups is 1. The Morgan fingerprint density at radius 3 is 2.32 bits per heavy atom. The molecule has 31 heavy (non-hydrogen) atoms. The molecule has 1 aliphatic heterocycles. The van der Waals surface area contributed by atoms with E-state index in [1.54, 1.807) is 24.3 Å². The first-order valence-corrected chi connectivity index (χ1v) is 9.73. The lowest BCUT2D eigenvalue weighted by Gasteiger charge is -2.26. The largest absolute Gasteiger partial charge is 0.331 e. The molecule has 1 aliphatic rings. The minimum atomic E-state index is -0.743. The van der Waals surface area contributed by atoms with Gasteiger partial charge in [-0.25, -0.2) is 9.18 Å². The monoisotopic (exact) mass is 417 g/mol. The predicted octanol–water partition coefficient (Wildman–Crippen LogP) is 3.90. The summed E-state index contributed by atoms with van der Waals surface area (Å²) >= 11 is 0. The van der Waals surface area contributed by atoms with Gasteiger partial charge in [0.15, 0.2) is 0 Å². The van der Waals surface area contributed by atoms with E-state index in [1.165, 1.54) is 18.2 Å². The number of carbonyl (C=O) groups is 3. The van der Waals surface area contributed by atoms with Crippen molar-refractivity contribution >= 4 is 23.9 Å². The molecule has 0 atom stereocenters. The van der Waals surface area contributed by atoms with Crippen LogP contribution in [0.25, 0.3) is 11.8 Å². The van der Waals surface area contributed by atoms with Crippen molar-refractivity contribution < 1.29 is 18.8 Å². The lowest BCUT2D eigenvalue weighted by atomic mass is 10.1. The highest BCUT2D eigenvalue weighted by Crippen LogP contribution is 2.24. The van der Waals surface area contributed by atoms with Gasteiger partial charge >= 0.3 is 6.03 Å². The van der Waals surface area contributed by atoms with Gasteiger partial charge < -0.3 is 4.57 Å². The minimum absolute atomic E-state index is 0.0602. The van der Waals surface area contributed by atoms with E-state index in [1.807, 2.05) is 42.7 Å². The average molecular weight is 417 g/mol. The summed E-state index contributed by atoms with van der Waals surface area (Å²) in [5.41, 5.74) is 3.72. The van der Waals surface area contributed by atoms with E-state index in [2.05, 4.69) is 5.32 Å². The van der Waals surface area contributed by atoms with E-state index >= 15 is 0 Å². The van der Waals surface area contributed by atoms with E-state index in [0.29, 0.717) is 5.56 Å². The zero-order valence-electron chi connectivity index (χ0n) is 17.1.